The first kappa shape index (κ1) is 13.1. The Bertz CT molecular complexity index is 517. The lowest BCUT2D eigenvalue weighted by atomic mass is 10.1. The van der Waals surface area contributed by atoms with Crippen LogP contribution in [0.4, 0.5) is 8.78 Å². The van der Waals surface area contributed by atoms with Crippen LogP contribution in [0.2, 0.25) is 0 Å². The lowest BCUT2D eigenvalue weighted by Gasteiger charge is -2.08. The van der Waals surface area contributed by atoms with Crippen molar-refractivity contribution < 1.29 is 13.9 Å². The fourth-order valence-electron chi connectivity index (χ4n) is 1.40. The molecule has 1 nitrogen and oxygen atoms in total. The van der Waals surface area contributed by atoms with E-state index in [0.29, 0.717) is 4.88 Å². The van der Waals surface area contributed by atoms with Crippen LogP contribution in [0.3, 0.4) is 0 Å². The number of benzene rings is 1. The highest BCUT2D eigenvalue weighted by Gasteiger charge is 2.16. The minimum absolute atomic E-state index is 0.198. The van der Waals surface area contributed by atoms with Gasteiger partial charge in [-0.2, -0.15) is 0 Å². The predicted molar refractivity (Wildman–Crippen MR) is 70.1 cm³/mol. The van der Waals surface area contributed by atoms with E-state index in [1.54, 1.807) is 6.07 Å². The van der Waals surface area contributed by atoms with Gasteiger partial charge in [0, 0.05) is 15.4 Å². The van der Waals surface area contributed by atoms with Crippen molar-refractivity contribution in [3.63, 3.8) is 0 Å². The second-order valence-electron chi connectivity index (χ2n) is 3.38. The summed E-state index contributed by atoms with van der Waals surface area (Å²) in [5.41, 5.74) is 0.198. The predicted octanol–water partition coefficient (Wildman–Crippen LogP) is 4.63. The van der Waals surface area contributed by atoms with E-state index in [2.05, 4.69) is 31.9 Å². The van der Waals surface area contributed by atoms with E-state index >= 15 is 0 Å². The van der Waals surface area contributed by atoms with E-state index in [-0.39, 0.29) is 5.56 Å². The van der Waals surface area contributed by atoms with Crippen molar-refractivity contribution in [2.45, 2.75) is 6.10 Å². The lowest BCUT2D eigenvalue weighted by Crippen LogP contribution is -1.98. The number of rotatable bonds is 2. The van der Waals surface area contributed by atoms with Crippen molar-refractivity contribution in [2.75, 3.05) is 0 Å². The summed E-state index contributed by atoms with van der Waals surface area (Å²) in [5, 5.41) is 10.0. The molecule has 90 valence electrons. The number of aliphatic hydroxyl groups excluding tert-OH is 1. The molecule has 1 atom stereocenters. The molecule has 1 aromatic heterocycles. The van der Waals surface area contributed by atoms with Gasteiger partial charge in [0.1, 0.15) is 17.7 Å². The Morgan fingerprint density at radius 1 is 1.06 bits per heavy atom. The molecule has 0 bridgehead atoms. The molecule has 1 unspecified atom stereocenters. The molecular formula is C11H6Br2F2OS. The van der Waals surface area contributed by atoms with Crippen molar-refractivity contribution in [1.82, 2.24) is 0 Å². The summed E-state index contributed by atoms with van der Waals surface area (Å²) in [4.78, 5) is 0.605. The van der Waals surface area contributed by atoms with Gasteiger partial charge in [0.2, 0.25) is 0 Å². The third-order valence-corrected chi connectivity index (χ3v) is 5.44. The molecular weight excluding hydrogens is 378 g/mol. The summed E-state index contributed by atoms with van der Waals surface area (Å²) >= 11 is 7.89. The molecule has 0 aliphatic rings. The third kappa shape index (κ3) is 2.93. The molecule has 0 saturated heterocycles. The van der Waals surface area contributed by atoms with Gasteiger partial charge in [-0.25, -0.2) is 8.78 Å². The maximum atomic E-state index is 13.0. The zero-order valence-corrected chi connectivity index (χ0v) is 12.2. The highest BCUT2D eigenvalue weighted by atomic mass is 79.9. The van der Waals surface area contributed by atoms with Gasteiger partial charge >= 0.3 is 0 Å². The Balaban J connectivity index is 2.39. The van der Waals surface area contributed by atoms with Gasteiger partial charge in [-0.1, -0.05) is 0 Å². The summed E-state index contributed by atoms with van der Waals surface area (Å²) in [6.45, 7) is 0. The number of hydrogen-bond donors (Lipinski definition) is 1. The van der Waals surface area contributed by atoms with Gasteiger partial charge in [0.05, 0.1) is 3.79 Å². The molecule has 0 fully saturated rings. The van der Waals surface area contributed by atoms with Crippen LogP contribution >= 0.6 is 43.2 Å². The maximum Gasteiger partial charge on any atom is 0.126 e. The van der Waals surface area contributed by atoms with Crippen molar-refractivity contribution in [3.8, 4) is 0 Å². The van der Waals surface area contributed by atoms with Gasteiger partial charge in [0.15, 0.2) is 0 Å². The van der Waals surface area contributed by atoms with E-state index in [0.717, 1.165) is 26.5 Å². The second kappa shape index (κ2) is 5.14. The van der Waals surface area contributed by atoms with Gasteiger partial charge in [0.25, 0.3) is 0 Å². The first-order valence-corrected chi connectivity index (χ1v) is 6.96. The largest absolute Gasteiger partial charge is 0.383 e. The summed E-state index contributed by atoms with van der Waals surface area (Å²) in [5.74, 6) is -1.40. The van der Waals surface area contributed by atoms with E-state index in [1.807, 2.05) is 0 Å². The van der Waals surface area contributed by atoms with Crippen LogP contribution in [0, 0.1) is 11.6 Å². The quantitative estimate of drug-likeness (QED) is 0.801. The summed E-state index contributed by atoms with van der Waals surface area (Å²) < 4.78 is 27.7. The van der Waals surface area contributed by atoms with E-state index < -0.39 is 17.7 Å². The molecule has 6 heteroatoms. The Labute approximate surface area is 117 Å². The molecule has 2 rings (SSSR count). The van der Waals surface area contributed by atoms with Crippen LogP contribution in [0.5, 0.6) is 0 Å². The average Bonchev–Trinajstić information content (AvgIpc) is 2.57. The smallest absolute Gasteiger partial charge is 0.126 e. The van der Waals surface area contributed by atoms with Crippen LogP contribution in [0.1, 0.15) is 16.5 Å². The van der Waals surface area contributed by atoms with E-state index in [4.69, 9.17) is 0 Å². The number of hydrogen-bond acceptors (Lipinski definition) is 2. The highest BCUT2D eigenvalue weighted by Crippen LogP contribution is 2.37. The molecule has 0 aliphatic carbocycles. The number of aliphatic hydroxyl groups is 1. The van der Waals surface area contributed by atoms with Crippen LogP contribution in [-0.2, 0) is 0 Å². The lowest BCUT2D eigenvalue weighted by molar-refractivity contribution is 0.223. The van der Waals surface area contributed by atoms with Crippen molar-refractivity contribution >= 4 is 43.2 Å². The first-order valence-electron chi connectivity index (χ1n) is 4.56. The molecule has 1 aromatic carbocycles. The Kier molecular flexibility index (Phi) is 3.97. The van der Waals surface area contributed by atoms with E-state index in [9.17, 15) is 13.9 Å². The SMILES string of the molecule is OC(c1cc(F)cc(F)c1)c1cc(Br)c(Br)s1. The molecule has 0 spiro atoms. The average molecular weight is 384 g/mol. The third-order valence-electron chi connectivity index (χ3n) is 2.13. The minimum Gasteiger partial charge on any atom is -0.383 e. The van der Waals surface area contributed by atoms with Gasteiger partial charge in [-0.3, -0.25) is 0 Å². The summed E-state index contributed by atoms with van der Waals surface area (Å²) in [7, 11) is 0. The molecule has 1 N–H and O–H groups in total. The topological polar surface area (TPSA) is 20.2 Å². The van der Waals surface area contributed by atoms with Gasteiger partial charge < -0.3 is 5.11 Å². The molecule has 0 saturated carbocycles. The number of halogens is 4. The maximum absolute atomic E-state index is 13.0. The first-order chi connectivity index (χ1) is 7.97. The van der Waals surface area contributed by atoms with Gasteiger partial charge in [-0.15, -0.1) is 11.3 Å². The second-order valence-corrected chi connectivity index (χ2v) is 6.63. The normalized spacial score (nSPS) is 12.8. The van der Waals surface area contributed by atoms with Crippen LogP contribution < -0.4 is 0 Å². The highest BCUT2D eigenvalue weighted by molar-refractivity contribution is 9.13. The van der Waals surface area contributed by atoms with Crippen LogP contribution in [0.25, 0.3) is 0 Å². The van der Waals surface area contributed by atoms with Gasteiger partial charge in [-0.05, 0) is 55.6 Å². The summed E-state index contributed by atoms with van der Waals surface area (Å²) in [6.07, 6.45) is -1.03. The Hall–Kier alpha value is -0.300. The molecule has 2 aromatic rings. The zero-order valence-electron chi connectivity index (χ0n) is 8.25. The Morgan fingerprint density at radius 3 is 2.12 bits per heavy atom. The van der Waals surface area contributed by atoms with Crippen LogP contribution in [0.15, 0.2) is 32.5 Å². The Morgan fingerprint density at radius 2 is 1.65 bits per heavy atom. The standard InChI is InChI=1S/C11H6Br2F2OS/c12-8-4-9(17-11(8)13)10(16)5-1-6(14)3-7(15)2-5/h1-4,10,16H. The minimum atomic E-state index is -1.03. The van der Waals surface area contributed by atoms with Crippen molar-refractivity contribution in [2.24, 2.45) is 0 Å². The molecule has 17 heavy (non-hydrogen) atoms. The molecule has 0 aliphatic heterocycles. The van der Waals surface area contributed by atoms with E-state index in [1.165, 1.54) is 11.3 Å². The fourth-order valence-corrected chi connectivity index (χ4v) is 3.50. The fraction of sp³-hybridized carbons (Fsp3) is 0.0909. The number of thiophene rings is 1. The monoisotopic (exact) mass is 382 g/mol. The molecule has 0 amide bonds. The zero-order chi connectivity index (χ0) is 12.6. The molecule has 1 heterocycles. The summed E-state index contributed by atoms with van der Waals surface area (Å²) in [6, 6.07) is 4.73. The van der Waals surface area contributed by atoms with Crippen LogP contribution in [-0.4, -0.2) is 5.11 Å². The molecule has 0 radical (unpaired) electrons. The van der Waals surface area contributed by atoms with Crippen molar-refractivity contribution in [3.05, 3.63) is 54.6 Å². The van der Waals surface area contributed by atoms with Crippen molar-refractivity contribution in [1.29, 1.82) is 0 Å².